The lowest BCUT2D eigenvalue weighted by molar-refractivity contribution is -0.139. The number of hydrogen-bond donors (Lipinski definition) is 0. The van der Waals surface area contributed by atoms with Gasteiger partial charge in [-0.05, 0) is 59.2 Å². The number of carbonyl (C=O) groups excluding carboxylic acids is 2. The Bertz CT molecular complexity index is 1210. The normalized spacial score (nSPS) is 15.3. The molecule has 7 heteroatoms. The van der Waals surface area contributed by atoms with Crippen molar-refractivity contribution in [2.75, 3.05) is 19.6 Å². The van der Waals surface area contributed by atoms with Crippen LogP contribution in [-0.2, 0) is 16.0 Å². The van der Waals surface area contributed by atoms with E-state index in [9.17, 15) is 9.59 Å². The Morgan fingerprint density at radius 1 is 1.11 bits per heavy atom. The average molecular weight is 528 g/mol. The quantitative estimate of drug-likeness (QED) is 0.300. The van der Waals surface area contributed by atoms with Crippen LogP contribution in [-0.4, -0.2) is 41.2 Å². The summed E-state index contributed by atoms with van der Waals surface area (Å²) in [5.41, 5.74) is 2.88. The monoisotopic (exact) mass is 526 g/mol. The van der Waals surface area contributed by atoms with E-state index < -0.39 is 0 Å². The number of hydrogen-bond acceptors (Lipinski definition) is 3. The van der Waals surface area contributed by atoms with E-state index in [2.05, 4.69) is 18.4 Å². The summed E-state index contributed by atoms with van der Waals surface area (Å²) in [7, 11) is 0. The molecule has 0 N–H and O–H groups in total. The molecule has 0 saturated heterocycles. The molecule has 0 saturated carbocycles. The summed E-state index contributed by atoms with van der Waals surface area (Å²) in [6.45, 7) is 3.21. The van der Waals surface area contributed by atoms with Gasteiger partial charge in [-0.1, -0.05) is 72.9 Å². The van der Waals surface area contributed by atoms with Crippen LogP contribution >= 0.6 is 34.5 Å². The van der Waals surface area contributed by atoms with Gasteiger partial charge in [-0.25, -0.2) is 0 Å². The molecule has 182 valence electrons. The minimum absolute atomic E-state index is 0.0269. The number of nitrogens with zero attached hydrogens (tertiary/aromatic N) is 2. The van der Waals surface area contributed by atoms with Crippen LogP contribution in [0, 0.1) is 0 Å². The highest BCUT2D eigenvalue weighted by Gasteiger charge is 2.34. The molecular formula is C28H28Cl2N2O2S. The second-order valence-electron chi connectivity index (χ2n) is 8.56. The highest BCUT2D eigenvalue weighted by atomic mass is 35.5. The molecule has 2 heterocycles. The van der Waals surface area contributed by atoms with Crippen molar-refractivity contribution in [3.05, 3.63) is 97.7 Å². The lowest BCUT2D eigenvalue weighted by atomic mass is 9.93. The Morgan fingerprint density at radius 3 is 2.66 bits per heavy atom. The Labute approximate surface area is 220 Å². The third-order valence-electron chi connectivity index (χ3n) is 6.18. The van der Waals surface area contributed by atoms with E-state index in [-0.39, 0.29) is 24.4 Å². The molecular weight excluding hydrogens is 499 g/mol. The fourth-order valence-electron chi connectivity index (χ4n) is 4.35. The van der Waals surface area contributed by atoms with Gasteiger partial charge in [0.05, 0.1) is 6.04 Å². The first-order chi connectivity index (χ1) is 17.0. The van der Waals surface area contributed by atoms with E-state index in [1.54, 1.807) is 40.5 Å². The van der Waals surface area contributed by atoms with Crippen LogP contribution < -0.4 is 0 Å². The van der Waals surface area contributed by atoms with E-state index in [1.165, 1.54) is 4.88 Å². The van der Waals surface area contributed by atoms with Gasteiger partial charge in [-0.3, -0.25) is 9.59 Å². The van der Waals surface area contributed by atoms with E-state index in [4.69, 9.17) is 23.2 Å². The Morgan fingerprint density at radius 2 is 1.91 bits per heavy atom. The highest BCUT2D eigenvalue weighted by molar-refractivity contribution is 7.10. The van der Waals surface area contributed by atoms with Crippen LogP contribution in [0.15, 0.2) is 66.1 Å². The van der Waals surface area contributed by atoms with E-state index >= 15 is 0 Å². The van der Waals surface area contributed by atoms with E-state index in [0.717, 1.165) is 36.0 Å². The molecule has 2 aromatic carbocycles. The van der Waals surface area contributed by atoms with Crippen molar-refractivity contribution in [2.24, 2.45) is 0 Å². The first kappa shape index (κ1) is 25.5. The number of rotatable bonds is 8. The second kappa shape index (κ2) is 11.9. The fourth-order valence-corrected chi connectivity index (χ4v) is 5.77. The molecule has 3 aromatic rings. The van der Waals surface area contributed by atoms with Crippen LogP contribution in [0.3, 0.4) is 0 Å². The molecule has 1 unspecified atom stereocenters. The number of thiophene rings is 1. The maximum Gasteiger partial charge on any atom is 0.247 e. The smallest absolute Gasteiger partial charge is 0.247 e. The van der Waals surface area contributed by atoms with E-state index in [1.807, 2.05) is 41.3 Å². The maximum atomic E-state index is 13.7. The number of unbranched alkanes of at least 4 members (excludes halogenated alkanes) is 1. The van der Waals surface area contributed by atoms with Gasteiger partial charge in [0.1, 0.15) is 6.54 Å². The summed E-state index contributed by atoms with van der Waals surface area (Å²) in [6.07, 6.45) is 5.90. The fraction of sp³-hybridized carbons (Fsp3) is 0.286. The molecule has 4 nitrogen and oxygen atoms in total. The molecule has 1 aromatic heterocycles. The highest BCUT2D eigenvalue weighted by Crippen LogP contribution is 2.41. The molecule has 1 aliphatic heterocycles. The predicted molar refractivity (Wildman–Crippen MR) is 145 cm³/mol. The number of amides is 2. The Balaban J connectivity index is 1.58. The lowest BCUT2D eigenvalue weighted by Gasteiger charge is -2.38. The van der Waals surface area contributed by atoms with Gasteiger partial charge in [0, 0.05) is 34.1 Å². The first-order valence-electron chi connectivity index (χ1n) is 11.8. The topological polar surface area (TPSA) is 40.6 Å². The molecule has 4 rings (SSSR count). The molecule has 2 amide bonds. The summed E-state index contributed by atoms with van der Waals surface area (Å²) < 4.78 is 0. The molecule has 0 aliphatic carbocycles. The van der Waals surface area contributed by atoms with Crippen molar-refractivity contribution in [2.45, 2.75) is 32.2 Å². The van der Waals surface area contributed by atoms with E-state index in [0.29, 0.717) is 23.1 Å². The van der Waals surface area contributed by atoms with Gasteiger partial charge in [-0.2, -0.15) is 0 Å². The minimum atomic E-state index is -0.301. The van der Waals surface area contributed by atoms with Crippen LogP contribution in [0.1, 0.15) is 47.4 Å². The van der Waals surface area contributed by atoms with Crippen molar-refractivity contribution < 1.29 is 9.59 Å². The first-order valence-corrected chi connectivity index (χ1v) is 13.4. The summed E-state index contributed by atoms with van der Waals surface area (Å²) >= 11 is 14.4. The molecule has 0 bridgehead atoms. The summed E-state index contributed by atoms with van der Waals surface area (Å²) in [5, 5.41) is 3.14. The number of carbonyl (C=O) groups is 2. The second-order valence-corrected chi connectivity index (χ2v) is 10.4. The third-order valence-corrected chi connectivity index (χ3v) is 7.74. The van der Waals surface area contributed by atoms with Crippen molar-refractivity contribution in [1.29, 1.82) is 0 Å². The van der Waals surface area contributed by atoms with Gasteiger partial charge in [0.25, 0.3) is 0 Å². The van der Waals surface area contributed by atoms with Crippen molar-refractivity contribution in [3.8, 4) is 0 Å². The zero-order valence-electron chi connectivity index (χ0n) is 19.6. The van der Waals surface area contributed by atoms with Crippen LogP contribution in [0.4, 0.5) is 0 Å². The standard InChI is InChI=1S/C28H28Cl2N2O2S/c1-2-3-15-31(26(33)12-9-20-7-5-4-6-8-20)19-27(34)32-16-13-25-23(14-17-35-25)28(32)22-11-10-21(29)18-24(22)30/h4-12,14,17-18,28H,2-3,13,15-16,19H2,1H3/b12-9+. The maximum absolute atomic E-state index is 13.7. The predicted octanol–water partition coefficient (Wildman–Crippen LogP) is 6.87. The summed E-state index contributed by atoms with van der Waals surface area (Å²) in [6, 6.07) is 16.9. The van der Waals surface area contributed by atoms with Gasteiger partial charge >= 0.3 is 0 Å². The van der Waals surface area contributed by atoms with Gasteiger partial charge in [0.2, 0.25) is 11.8 Å². The summed E-state index contributed by atoms with van der Waals surface area (Å²) in [4.78, 5) is 31.5. The molecule has 35 heavy (non-hydrogen) atoms. The molecule has 0 spiro atoms. The Hall–Kier alpha value is -2.60. The molecule has 1 aliphatic rings. The van der Waals surface area contributed by atoms with Crippen LogP contribution in [0.5, 0.6) is 0 Å². The number of halogens is 2. The van der Waals surface area contributed by atoms with Crippen molar-refractivity contribution in [1.82, 2.24) is 9.80 Å². The molecule has 0 radical (unpaired) electrons. The zero-order chi connectivity index (χ0) is 24.8. The van der Waals surface area contributed by atoms with Gasteiger partial charge in [-0.15, -0.1) is 11.3 Å². The van der Waals surface area contributed by atoms with Crippen LogP contribution in [0.2, 0.25) is 10.0 Å². The van der Waals surface area contributed by atoms with Gasteiger partial charge in [0.15, 0.2) is 0 Å². The van der Waals surface area contributed by atoms with Crippen LogP contribution in [0.25, 0.3) is 6.08 Å². The average Bonchev–Trinajstić information content (AvgIpc) is 3.34. The zero-order valence-corrected chi connectivity index (χ0v) is 22.0. The van der Waals surface area contributed by atoms with Gasteiger partial charge < -0.3 is 9.80 Å². The van der Waals surface area contributed by atoms with Crippen molar-refractivity contribution >= 4 is 52.4 Å². The number of fused-ring (bicyclic) bond motifs is 1. The molecule has 0 fully saturated rings. The third kappa shape index (κ3) is 6.16. The largest absolute Gasteiger partial charge is 0.330 e. The Kier molecular flexibility index (Phi) is 8.66. The summed E-state index contributed by atoms with van der Waals surface area (Å²) in [5.74, 6) is -0.250. The van der Waals surface area contributed by atoms with Crippen molar-refractivity contribution in [3.63, 3.8) is 0 Å². The number of benzene rings is 2. The SMILES string of the molecule is CCCCN(CC(=O)N1CCc2sccc2C1c1ccc(Cl)cc1Cl)C(=O)/C=C/c1ccccc1. The lowest BCUT2D eigenvalue weighted by Crippen LogP contribution is -2.46. The molecule has 1 atom stereocenters. The minimum Gasteiger partial charge on any atom is -0.330 e.